The smallest absolute Gasteiger partial charge is 0.0755 e. The lowest BCUT2D eigenvalue weighted by atomic mass is 9.66. The van der Waals surface area contributed by atoms with Crippen LogP contribution in [0.2, 0.25) is 0 Å². The molecule has 1 aliphatic carbocycles. The summed E-state index contributed by atoms with van der Waals surface area (Å²) < 4.78 is 0. The second-order valence-electron chi connectivity index (χ2n) is 15.9. The maximum Gasteiger partial charge on any atom is 0.0755 e. The molecule has 61 heavy (non-hydrogen) atoms. The summed E-state index contributed by atoms with van der Waals surface area (Å²) in [5.41, 5.74) is 18.0. The first kappa shape index (κ1) is 35.5. The summed E-state index contributed by atoms with van der Waals surface area (Å²) in [7, 11) is 0. The first-order valence-corrected chi connectivity index (χ1v) is 21.8. The first-order valence-electron chi connectivity index (χ1n) is 21.0. The van der Waals surface area contributed by atoms with Crippen molar-refractivity contribution in [1.29, 1.82) is 0 Å². The van der Waals surface area contributed by atoms with Crippen LogP contribution in [0.4, 0.5) is 17.1 Å². The Morgan fingerprint density at radius 2 is 0.754 bits per heavy atom. The summed E-state index contributed by atoms with van der Waals surface area (Å²) >= 11 is 1.89. The zero-order valence-corrected chi connectivity index (χ0v) is 34.2. The Morgan fingerprint density at radius 1 is 0.295 bits per heavy atom. The lowest BCUT2D eigenvalue weighted by Gasteiger charge is -2.42. The molecule has 0 radical (unpaired) electrons. The number of para-hydroxylation sites is 1. The summed E-state index contributed by atoms with van der Waals surface area (Å²) in [6.45, 7) is 0. The fourth-order valence-electron chi connectivity index (χ4n) is 10.2. The fraction of sp³-hybridized carbons (Fsp3) is 0.0169. The largest absolute Gasteiger partial charge is 0.310 e. The van der Waals surface area contributed by atoms with Crippen LogP contribution in [0.25, 0.3) is 55.3 Å². The number of nitrogens with zero attached hydrogens (tertiary/aromatic N) is 1. The van der Waals surface area contributed by atoms with Gasteiger partial charge in [-0.25, -0.2) is 0 Å². The third-order valence-corrected chi connectivity index (χ3v) is 13.9. The quantitative estimate of drug-likeness (QED) is 0.165. The molecule has 12 rings (SSSR count). The average Bonchev–Trinajstić information content (AvgIpc) is 3.63. The monoisotopic (exact) mass is 793 g/mol. The zero-order valence-electron chi connectivity index (χ0n) is 33.4. The summed E-state index contributed by atoms with van der Waals surface area (Å²) in [4.78, 5) is 5.12. The van der Waals surface area contributed by atoms with E-state index in [2.05, 4.69) is 241 Å². The van der Waals surface area contributed by atoms with E-state index in [0.29, 0.717) is 0 Å². The molecule has 0 unspecified atom stereocenters. The molecule has 0 saturated heterocycles. The Morgan fingerprint density at radius 3 is 1.39 bits per heavy atom. The van der Waals surface area contributed by atoms with Gasteiger partial charge in [0.15, 0.2) is 0 Å². The Hall–Kier alpha value is -7.39. The highest BCUT2D eigenvalue weighted by atomic mass is 32.2. The van der Waals surface area contributed by atoms with Gasteiger partial charge in [-0.15, -0.1) is 0 Å². The van der Waals surface area contributed by atoms with Gasteiger partial charge < -0.3 is 4.90 Å². The van der Waals surface area contributed by atoms with Crippen LogP contribution in [0.5, 0.6) is 0 Å². The number of rotatable bonds is 6. The van der Waals surface area contributed by atoms with Crippen molar-refractivity contribution in [3.63, 3.8) is 0 Å². The molecule has 2 heteroatoms. The molecule has 1 nitrogen and oxygen atoms in total. The molecule has 0 atom stereocenters. The minimum Gasteiger partial charge on any atom is -0.310 e. The molecule has 0 fully saturated rings. The number of hydrogen-bond acceptors (Lipinski definition) is 2. The standard InChI is InChI=1S/C59H39NS/c1-3-18-40(19-4-1)44-38-39-45(48-24-8-7-23-47(44)48)42-34-36-43(37-35-42)60(54-30-14-10-22-46(54)41-20-5-2-6-21-41)55-31-17-26-50-49-25-9-11-27-51(49)59(58(50)55)52-28-12-15-32-56(52)61-57-33-16-13-29-53(57)59/h1-39H. The van der Waals surface area contributed by atoms with E-state index in [4.69, 9.17) is 0 Å². The summed E-state index contributed by atoms with van der Waals surface area (Å²) in [6, 6.07) is 87.3. The van der Waals surface area contributed by atoms with Crippen LogP contribution >= 0.6 is 11.8 Å². The fourth-order valence-corrected chi connectivity index (χ4v) is 11.4. The van der Waals surface area contributed by atoms with E-state index in [1.165, 1.54) is 93.0 Å². The molecular formula is C59H39NS. The molecule has 1 aliphatic heterocycles. The van der Waals surface area contributed by atoms with Crippen LogP contribution in [-0.4, -0.2) is 0 Å². The molecule has 0 N–H and O–H groups in total. The zero-order chi connectivity index (χ0) is 40.3. The van der Waals surface area contributed by atoms with Gasteiger partial charge in [-0.1, -0.05) is 212 Å². The Kier molecular flexibility index (Phi) is 8.40. The van der Waals surface area contributed by atoms with Gasteiger partial charge in [0.05, 0.1) is 16.8 Å². The van der Waals surface area contributed by atoms with Crippen LogP contribution < -0.4 is 4.90 Å². The highest BCUT2D eigenvalue weighted by Crippen LogP contribution is 2.65. The van der Waals surface area contributed by atoms with Crippen molar-refractivity contribution < 1.29 is 0 Å². The molecule has 10 aromatic carbocycles. The van der Waals surface area contributed by atoms with Crippen molar-refractivity contribution in [2.45, 2.75) is 15.2 Å². The summed E-state index contributed by atoms with van der Waals surface area (Å²) in [5.74, 6) is 0. The van der Waals surface area contributed by atoms with Crippen molar-refractivity contribution >= 4 is 39.6 Å². The molecule has 2 aliphatic rings. The van der Waals surface area contributed by atoms with E-state index in [1.807, 2.05) is 11.8 Å². The number of fused-ring (bicyclic) bond motifs is 10. The molecule has 0 amide bonds. The van der Waals surface area contributed by atoms with Gasteiger partial charge >= 0.3 is 0 Å². The van der Waals surface area contributed by atoms with Crippen LogP contribution in [0.3, 0.4) is 0 Å². The second kappa shape index (κ2) is 14.4. The predicted octanol–water partition coefficient (Wildman–Crippen LogP) is 16.1. The Labute approximate surface area is 361 Å². The molecule has 286 valence electrons. The second-order valence-corrected chi connectivity index (χ2v) is 17.0. The predicted molar refractivity (Wildman–Crippen MR) is 256 cm³/mol. The van der Waals surface area contributed by atoms with Crippen molar-refractivity contribution in [3.8, 4) is 44.5 Å². The van der Waals surface area contributed by atoms with E-state index in [-0.39, 0.29) is 0 Å². The number of hydrogen-bond donors (Lipinski definition) is 0. The molecular weight excluding hydrogens is 755 g/mol. The van der Waals surface area contributed by atoms with E-state index < -0.39 is 5.41 Å². The number of anilines is 3. The van der Waals surface area contributed by atoms with Gasteiger partial charge in [-0.3, -0.25) is 0 Å². The minimum absolute atomic E-state index is 0.541. The molecule has 10 aromatic rings. The van der Waals surface area contributed by atoms with Gasteiger partial charge in [0.1, 0.15) is 0 Å². The first-order chi connectivity index (χ1) is 30.3. The maximum absolute atomic E-state index is 2.53. The van der Waals surface area contributed by atoms with Gasteiger partial charge in [0.25, 0.3) is 0 Å². The SMILES string of the molecule is c1ccc(-c2ccccc2N(c2ccc(-c3ccc(-c4ccccc4)c4ccccc34)cc2)c2cccc3c2C2(c4ccccc4Sc4ccccc42)c2ccccc2-3)cc1. The molecule has 1 heterocycles. The molecule has 0 aromatic heterocycles. The molecule has 0 bridgehead atoms. The van der Waals surface area contributed by atoms with E-state index in [9.17, 15) is 0 Å². The van der Waals surface area contributed by atoms with Gasteiger partial charge in [-0.05, 0) is 103 Å². The summed E-state index contributed by atoms with van der Waals surface area (Å²) in [5, 5.41) is 2.50. The highest BCUT2D eigenvalue weighted by molar-refractivity contribution is 7.99. The van der Waals surface area contributed by atoms with Crippen molar-refractivity contribution in [2.24, 2.45) is 0 Å². The van der Waals surface area contributed by atoms with E-state index in [1.54, 1.807) is 0 Å². The Balaban J connectivity index is 1.11. The van der Waals surface area contributed by atoms with E-state index >= 15 is 0 Å². The van der Waals surface area contributed by atoms with Gasteiger partial charge in [0.2, 0.25) is 0 Å². The number of benzene rings is 10. The van der Waals surface area contributed by atoms with Crippen molar-refractivity contribution in [1.82, 2.24) is 0 Å². The minimum atomic E-state index is -0.541. The maximum atomic E-state index is 2.53. The lowest BCUT2D eigenvalue weighted by molar-refractivity contribution is 0.722. The van der Waals surface area contributed by atoms with Crippen LogP contribution in [0.1, 0.15) is 22.3 Å². The molecule has 1 spiro atoms. The van der Waals surface area contributed by atoms with E-state index in [0.717, 1.165) is 11.4 Å². The average molecular weight is 794 g/mol. The Bertz CT molecular complexity index is 3230. The summed E-state index contributed by atoms with van der Waals surface area (Å²) in [6.07, 6.45) is 0. The van der Waals surface area contributed by atoms with Crippen LogP contribution in [0, 0.1) is 0 Å². The van der Waals surface area contributed by atoms with Crippen LogP contribution in [-0.2, 0) is 5.41 Å². The topological polar surface area (TPSA) is 3.24 Å². The van der Waals surface area contributed by atoms with Crippen molar-refractivity contribution in [3.05, 3.63) is 259 Å². The van der Waals surface area contributed by atoms with Crippen molar-refractivity contribution in [2.75, 3.05) is 4.90 Å². The normalized spacial score (nSPS) is 13.0. The van der Waals surface area contributed by atoms with Gasteiger partial charge in [0, 0.05) is 26.6 Å². The van der Waals surface area contributed by atoms with Crippen LogP contribution in [0.15, 0.2) is 246 Å². The molecule has 0 saturated carbocycles. The highest BCUT2D eigenvalue weighted by Gasteiger charge is 2.52. The lowest BCUT2D eigenvalue weighted by Crippen LogP contribution is -2.33. The van der Waals surface area contributed by atoms with Gasteiger partial charge in [-0.2, -0.15) is 0 Å². The third kappa shape index (κ3) is 5.49. The third-order valence-electron chi connectivity index (χ3n) is 12.8.